The van der Waals surface area contributed by atoms with E-state index in [-0.39, 0.29) is 6.04 Å². The molecular weight excluding hydrogens is 228 g/mol. The number of amides is 1. The van der Waals surface area contributed by atoms with Crippen molar-refractivity contribution in [1.82, 2.24) is 4.98 Å². The molecule has 1 fully saturated rings. The molecule has 2 atom stereocenters. The van der Waals surface area contributed by atoms with Crippen molar-refractivity contribution < 1.29 is 4.79 Å². The number of primary amides is 1. The van der Waals surface area contributed by atoms with Crippen LogP contribution >= 0.6 is 0 Å². The molecule has 0 bridgehead atoms. The molecule has 2 unspecified atom stereocenters. The van der Waals surface area contributed by atoms with E-state index in [9.17, 15) is 4.79 Å². The number of carbonyl (C=O) groups is 1. The van der Waals surface area contributed by atoms with Crippen LogP contribution in [0.25, 0.3) is 0 Å². The first kappa shape index (κ1) is 12.8. The van der Waals surface area contributed by atoms with Gasteiger partial charge in [-0.25, -0.2) is 4.98 Å². The van der Waals surface area contributed by atoms with E-state index in [4.69, 9.17) is 11.5 Å². The minimum atomic E-state index is -0.430. The van der Waals surface area contributed by atoms with Gasteiger partial charge in [0.2, 0.25) is 0 Å². The zero-order valence-electron chi connectivity index (χ0n) is 10.7. The number of hydrogen-bond acceptors (Lipinski definition) is 4. The summed E-state index contributed by atoms with van der Waals surface area (Å²) in [5.74, 6) is 0.706. The molecule has 0 aliphatic carbocycles. The highest BCUT2D eigenvalue weighted by Crippen LogP contribution is 2.25. The Morgan fingerprint density at radius 2 is 2.39 bits per heavy atom. The lowest BCUT2D eigenvalue weighted by atomic mass is 9.92. The molecule has 1 aromatic rings. The van der Waals surface area contributed by atoms with E-state index >= 15 is 0 Å². The number of nitrogens with zero attached hydrogens (tertiary/aromatic N) is 2. The zero-order valence-corrected chi connectivity index (χ0v) is 10.7. The average Bonchev–Trinajstić information content (AvgIpc) is 2.39. The van der Waals surface area contributed by atoms with Crippen molar-refractivity contribution in [3.63, 3.8) is 0 Å². The van der Waals surface area contributed by atoms with E-state index in [1.807, 2.05) is 6.92 Å². The third-order valence-electron chi connectivity index (χ3n) is 3.55. The minimum absolute atomic E-state index is 0.161. The lowest BCUT2D eigenvalue weighted by Crippen LogP contribution is -2.43. The van der Waals surface area contributed by atoms with E-state index in [2.05, 4.69) is 9.88 Å². The number of nitrogens with two attached hydrogens (primary N) is 2. The van der Waals surface area contributed by atoms with Crippen LogP contribution in [-0.4, -0.2) is 30.0 Å². The lowest BCUT2D eigenvalue weighted by Gasteiger charge is -2.35. The molecule has 1 saturated heterocycles. The highest BCUT2D eigenvalue weighted by Gasteiger charge is 2.25. The fourth-order valence-electron chi connectivity index (χ4n) is 2.47. The van der Waals surface area contributed by atoms with Crippen LogP contribution in [0.2, 0.25) is 0 Å². The second kappa shape index (κ2) is 5.35. The Kier molecular flexibility index (Phi) is 3.81. The third kappa shape index (κ3) is 2.61. The largest absolute Gasteiger partial charge is 0.365 e. The number of anilines is 1. The molecule has 98 valence electrons. The van der Waals surface area contributed by atoms with Crippen LogP contribution in [0.5, 0.6) is 0 Å². The van der Waals surface area contributed by atoms with E-state index in [1.54, 1.807) is 18.3 Å². The number of aromatic nitrogens is 1. The predicted molar refractivity (Wildman–Crippen MR) is 71.3 cm³/mol. The first-order valence-electron chi connectivity index (χ1n) is 6.35. The SMILES string of the molecule is CC(N)C1CCCN(c2ncccc2C(N)=O)C1. The summed E-state index contributed by atoms with van der Waals surface area (Å²) in [5.41, 5.74) is 11.8. The van der Waals surface area contributed by atoms with Gasteiger partial charge in [-0.1, -0.05) is 0 Å². The average molecular weight is 248 g/mol. The van der Waals surface area contributed by atoms with Gasteiger partial charge < -0.3 is 16.4 Å². The van der Waals surface area contributed by atoms with E-state index in [0.717, 1.165) is 25.9 Å². The Labute approximate surface area is 107 Å². The van der Waals surface area contributed by atoms with Crippen LogP contribution in [0.3, 0.4) is 0 Å². The van der Waals surface area contributed by atoms with Crippen LogP contribution in [-0.2, 0) is 0 Å². The molecule has 0 spiro atoms. The van der Waals surface area contributed by atoms with Crippen LogP contribution in [0, 0.1) is 5.92 Å². The van der Waals surface area contributed by atoms with Crippen molar-refractivity contribution in [1.29, 1.82) is 0 Å². The molecule has 0 aromatic carbocycles. The molecule has 1 aliphatic heterocycles. The first-order valence-corrected chi connectivity index (χ1v) is 6.35. The van der Waals surface area contributed by atoms with E-state index in [1.165, 1.54) is 0 Å². The second-order valence-electron chi connectivity index (χ2n) is 4.95. The molecule has 18 heavy (non-hydrogen) atoms. The summed E-state index contributed by atoms with van der Waals surface area (Å²) in [5, 5.41) is 0. The van der Waals surface area contributed by atoms with Crippen molar-refractivity contribution in [2.45, 2.75) is 25.8 Å². The Bertz CT molecular complexity index is 433. The summed E-state index contributed by atoms with van der Waals surface area (Å²) in [7, 11) is 0. The molecular formula is C13H20N4O. The molecule has 5 heteroatoms. The van der Waals surface area contributed by atoms with Crippen LogP contribution in [0.15, 0.2) is 18.3 Å². The third-order valence-corrected chi connectivity index (χ3v) is 3.55. The molecule has 1 aromatic heterocycles. The molecule has 0 radical (unpaired) electrons. The lowest BCUT2D eigenvalue weighted by molar-refractivity contribution is 0.100. The summed E-state index contributed by atoms with van der Waals surface area (Å²) < 4.78 is 0. The van der Waals surface area contributed by atoms with Gasteiger partial charge in [0.25, 0.3) is 5.91 Å². The van der Waals surface area contributed by atoms with Gasteiger partial charge in [0.1, 0.15) is 5.82 Å². The summed E-state index contributed by atoms with van der Waals surface area (Å²) in [4.78, 5) is 17.8. The second-order valence-corrected chi connectivity index (χ2v) is 4.95. The van der Waals surface area contributed by atoms with Crippen LogP contribution in [0.4, 0.5) is 5.82 Å². The predicted octanol–water partition coefficient (Wildman–Crippen LogP) is 0.744. The fraction of sp³-hybridized carbons (Fsp3) is 0.538. The normalized spacial score (nSPS) is 21.7. The highest BCUT2D eigenvalue weighted by molar-refractivity contribution is 5.97. The Morgan fingerprint density at radius 3 is 3.06 bits per heavy atom. The smallest absolute Gasteiger partial charge is 0.252 e. The van der Waals surface area contributed by atoms with Gasteiger partial charge in [-0.05, 0) is 37.8 Å². The summed E-state index contributed by atoms with van der Waals surface area (Å²) in [6.45, 7) is 3.77. The summed E-state index contributed by atoms with van der Waals surface area (Å²) in [6, 6.07) is 3.62. The van der Waals surface area contributed by atoms with Gasteiger partial charge in [-0.15, -0.1) is 0 Å². The molecule has 1 amide bonds. The van der Waals surface area contributed by atoms with Gasteiger partial charge in [-0.3, -0.25) is 4.79 Å². The van der Waals surface area contributed by atoms with Crippen LogP contribution in [0.1, 0.15) is 30.1 Å². The molecule has 0 saturated carbocycles. The van der Waals surface area contributed by atoms with Crippen molar-refractivity contribution in [2.24, 2.45) is 17.4 Å². The number of pyridine rings is 1. The molecule has 2 rings (SSSR count). The highest BCUT2D eigenvalue weighted by atomic mass is 16.1. The standard InChI is InChI=1S/C13H20N4O/c1-9(14)10-4-3-7-17(8-10)13-11(12(15)18)5-2-6-16-13/h2,5-6,9-10H,3-4,7-8,14H2,1H3,(H2,15,18). The summed E-state index contributed by atoms with van der Waals surface area (Å²) in [6.07, 6.45) is 3.89. The van der Waals surface area contributed by atoms with Crippen LogP contribution < -0.4 is 16.4 Å². The Balaban J connectivity index is 2.23. The number of carbonyl (C=O) groups excluding carboxylic acids is 1. The van der Waals surface area contributed by atoms with E-state index < -0.39 is 5.91 Å². The fourth-order valence-corrected chi connectivity index (χ4v) is 2.47. The van der Waals surface area contributed by atoms with Gasteiger partial charge in [0, 0.05) is 25.3 Å². The maximum absolute atomic E-state index is 11.4. The van der Waals surface area contributed by atoms with Gasteiger partial charge in [0.15, 0.2) is 0 Å². The summed E-state index contributed by atoms with van der Waals surface area (Å²) >= 11 is 0. The van der Waals surface area contributed by atoms with Crippen molar-refractivity contribution >= 4 is 11.7 Å². The quantitative estimate of drug-likeness (QED) is 0.826. The maximum atomic E-state index is 11.4. The van der Waals surface area contributed by atoms with E-state index in [0.29, 0.717) is 17.3 Å². The maximum Gasteiger partial charge on any atom is 0.252 e. The molecule has 5 nitrogen and oxygen atoms in total. The molecule has 1 aliphatic rings. The van der Waals surface area contributed by atoms with Crippen molar-refractivity contribution in [2.75, 3.05) is 18.0 Å². The number of hydrogen-bond donors (Lipinski definition) is 2. The number of rotatable bonds is 3. The number of piperidine rings is 1. The van der Waals surface area contributed by atoms with Gasteiger partial charge >= 0.3 is 0 Å². The van der Waals surface area contributed by atoms with Crippen molar-refractivity contribution in [3.05, 3.63) is 23.9 Å². The van der Waals surface area contributed by atoms with Crippen molar-refractivity contribution in [3.8, 4) is 0 Å². The molecule has 2 heterocycles. The first-order chi connectivity index (χ1) is 8.59. The molecule has 4 N–H and O–H groups in total. The van der Waals surface area contributed by atoms with Gasteiger partial charge in [-0.2, -0.15) is 0 Å². The monoisotopic (exact) mass is 248 g/mol. The van der Waals surface area contributed by atoms with Gasteiger partial charge in [0.05, 0.1) is 5.56 Å². The minimum Gasteiger partial charge on any atom is -0.365 e. The Hall–Kier alpha value is -1.62. The Morgan fingerprint density at radius 1 is 1.61 bits per heavy atom. The topological polar surface area (TPSA) is 85.2 Å². The zero-order chi connectivity index (χ0) is 13.1.